The average Bonchev–Trinajstić information content (AvgIpc) is 2.38. The van der Waals surface area contributed by atoms with E-state index in [-0.39, 0.29) is 0 Å². The van der Waals surface area contributed by atoms with Crippen LogP contribution < -0.4 is 10.9 Å². The van der Waals surface area contributed by atoms with E-state index in [0.717, 1.165) is 11.4 Å². The van der Waals surface area contributed by atoms with E-state index in [4.69, 9.17) is 6.57 Å². The van der Waals surface area contributed by atoms with Crippen LogP contribution in [0.1, 0.15) is 0 Å². The molecule has 0 unspecified atom stereocenters. The summed E-state index contributed by atoms with van der Waals surface area (Å²) in [6.45, 7) is 6.91. The summed E-state index contributed by atoms with van der Waals surface area (Å²) in [5, 5.41) is 0. The Hall–Kier alpha value is -2.47. The summed E-state index contributed by atoms with van der Waals surface area (Å²) in [4.78, 5) is 3.37. The number of hydrogen-bond donors (Lipinski definition) is 2. The van der Waals surface area contributed by atoms with Gasteiger partial charge in [0, 0.05) is 5.69 Å². The molecular formula is C13H11N3. The second-order valence-corrected chi connectivity index (χ2v) is 3.28. The molecule has 0 amide bonds. The van der Waals surface area contributed by atoms with Crippen LogP contribution in [0.3, 0.4) is 0 Å². The van der Waals surface area contributed by atoms with Crippen molar-refractivity contribution in [1.29, 1.82) is 0 Å². The number of para-hydroxylation sites is 1. The van der Waals surface area contributed by atoms with E-state index in [1.807, 2.05) is 42.5 Å². The van der Waals surface area contributed by atoms with Gasteiger partial charge in [0.15, 0.2) is 5.69 Å². The van der Waals surface area contributed by atoms with Gasteiger partial charge in [-0.2, -0.15) is 0 Å². The summed E-state index contributed by atoms with van der Waals surface area (Å²) in [7, 11) is 0. The fourth-order valence-corrected chi connectivity index (χ4v) is 1.32. The second-order valence-electron chi connectivity index (χ2n) is 3.28. The number of nitrogens with zero attached hydrogens (tertiary/aromatic N) is 1. The Labute approximate surface area is 94.5 Å². The molecule has 0 heterocycles. The third-order valence-corrected chi connectivity index (χ3v) is 2.10. The van der Waals surface area contributed by atoms with E-state index in [1.54, 1.807) is 12.1 Å². The summed E-state index contributed by atoms with van der Waals surface area (Å²) >= 11 is 0. The smallest absolute Gasteiger partial charge is 0.189 e. The Kier molecular flexibility index (Phi) is 3.05. The van der Waals surface area contributed by atoms with Gasteiger partial charge < -0.3 is 10.9 Å². The van der Waals surface area contributed by atoms with E-state index >= 15 is 0 Å². The van der Waals surface area contributed by atoms with Crippen LogP contribution in [0.25, 0.3) is 4.85 Å². The van der Waals surface area contributed by atoms with Crippen molar-refractivity contribution in [1.82, 2.24) is 0 Å². The lowest BCUT2D eigenvalue weighted by molar-refractivity contribution is 1.42. The van der Waals surface area contributed by atoms with Gasteiger partial charge in [-0.05, 0) is 24.3 Å². The van der Waals surface area contributed by atoms with E-state index in [0.29, 0.717) is 5.69 Å². The standard InChI is InChI=1S/C13H11N3/c1-14-12-8-5-9-13(10-12)16-15-11-6-3-2-4-7-11/h2-10,15-16H. The van der Waals surface area contributed by atoms with Crippen LogP contribution in [-0.2, 0) is 0 Å². The van der Waals surface area contributed by atoms with Gasteiger partial charge in [0.1, 0.15) is 0 Å². The number of rotatable bonds is 3. The minimum Gasteiger partial charge on any atom is -0.302 e. The monoisotopic (exact) mass is 209 g/mol. The molecule has 0 atom stereocenters. The normalized spacial score (nSPS) is 9.19. The quantitative estimate of drug-likeness (QED) is 0.596. The summed E-state index contributed by atoms with van der Waals surface area (Å²) in [5.41, 5.74) is 8.58. The molecule has 78 valence electrons. The minimum absolute atomic E-state index is 0.625. The molecule has 0 aliphatic heterocycles. The van der Waals surface area contributed by atoms with E-state index in [1.165, 1.54) is 0 Å². The van der Waals surface area contributed by atoms with Crippen molar-refractivity contribution in [3.63, 3.8) is 0 Å². The Morgan fingerprint density at radius 2 is 1.50 bits per heavy atom. The number of benzene rings is 2. The van der Waals surface area contributed by atoms with Crippen molar-refractivity contribution in [3.8, 4) is 0 Å². The maximum absolute atomic E-state index is 6.91. The molecule has 0 bridgehead atoms. The lowest BCUT2D eigenvalue weighted by Gasteiger charge is -2.09. The van der Waals surface area contributed by atoms with Gasteiger partial charge in [-0.15, -0.1) is 0 Å². The summed E-state index contributed by atoms with van der Waals surface area (Å²) in [6, 6.07) is 17.1. The Bertz CT molecular complexity index is 500. The average molecular weight is 209 g/mol. The molecule has 0 fully saturated rings. The van der Waals surface area contributed by atoms with Crippen molar-refractivity contribution >= 4 is 17.1 Å². The van der Waals surface area contributed by atoms with E-state index < -0.39 is 0 Å². The number of nitrogens with one attached hydrogen (secondary N) is 2. The first-order chi connectivity index (χ1) is 7.88. The molecule has 2 N–H and O–H groups in total. The van der Waals surface area contributed by atoms with Crippen molar-refractivity contribution in [2.45, 2.75) is 0 Å². The lowest BCUT2D eigenvalue weighted by Crippen LogP contribution is -2.07. The van der Waals surface area contributed by atoms with Crippen LogP contribution >= 0.6 is 0 Å². The molecule has 3 heteroatoms. The lowest BCUT2D eigenvalue weighted by atomic mass is 10.3. The Morgan fingerprint density at radius 1 is 0.812 bits per heavy atom. The second kappa shape index (κ2) is 4.85. The molecule has 2 aromatic rings. The summed E-state index contributed by atoms with van der Waals surface area (Å²) in [6.07, 6.45) is 0. The third-order valence-electron chi connectivity index (χ3n) is 2.10. The third kappa shape index (κ3) is 2.52. The molecule has 0 aromatic heterocycles. The molecule has 0 aliphatic rings. The van der Waals surface area contributed by atoms with Crippen LogP contribution in [0, 0.1) is 6.57 Å². The minimum atomic E-state index is 0.625. The first-order valence-corrected chi connectivity index (χ1v) is 4.93. The molecule has 2 rings (SSSR count). The van der Waals surface area contributed by atoms with Gasteiger partial charge in [-0.3, -0.25) is 0 Å². The van der Waals surface area contributed by atoms with E-state index in [9.17, 15) is 0 Å². The maximum Gasteiger partial charge on any atom is 0.189 e. The fourth-order valence-electron chi connectivity index (χ4n) is 1.32. The van der Waals surface area contributed by atoms with Crippen LogP contribution in [-0.4, -0.2) is 0 Å². The van der Waals surface area contributed by atoms with Crippen LogP contribution in [0.4, 0.5) is 17.1 Å². The van der Waals surface area contributed by atoms with Gasteiger partial charge in [0.2, 0.25) is 0 Å². The highest BCUT2D eigenvalue weighted by Gasteiger charge is 1.93. The van der Waals surface area contributed by atoms with Crippen molar-refractivity contribution < 1.29 is 0 Å². The summed E-state index contributed by atoms with van der Waals surface area (Å²) in [5.74, 6) is 0. The highest BCUT2D eigenvalue weighted by atomic mass is 15.4. The molecule has 0 saturated carbocycles. The van der Waals surface area contributed by atoms with Gasteiger partial charge >= 0.3 is 0 Å². The topological polar surface area (TPSA) is 28.4 Å². The molecule has 2 aromatic carbocycles. The molecule has 0 aliphatic carbocycles. The highest BCUT2D eigenvalue weighted by molar-refractivity contribution is 5.59. The summed E-state index contributed by atoms with van der Waals surface area (Å²) < 4.78 is 0. The Morgan fingerprint density at radius 3 is 2.25 bits per heavy atom. The number of hydrogen-bond acceptors (Lipinski definition) is 2. The van der Waals surface area contributed by atoms with Crippen molar-refractivity contribution in [2.75, 3.05) is 10.9 Å². The molecule has 0 saturated heterocycles. The van der Waals surface area contributed by atoms with Gasteiger partial charge in [-0.1, -0.05) is 30.3 Å². The van der Waals surface area contributed by atoms with Crippen LogP contribution in [0.2, 0.25) is 0 Å². The van der Waals surface area contributed by atoms with Gasteiger partial charge in [-0.25, -0.2) is 4.85 Å². The first-order valence-electron chi connectivity index (χ1n) is 4.93. The number of hydrazine groups is 1. The molecule has 16 heavy (non-hydrogen) atoms. The maximum atomic E-state index is 6.91. The van der Waals surface area contributed by atoms with E-state index in [2.05, 4.69) is 15.7 Å². The zero-order valence-electron chi connectivity index (χ0n) is 8.64. The van der Waals surface area contributed by atoms with Crippen LogP contribution in [0.15, 0.2) is 54.6 Å². The molecule has 3 nitrogen and oxygen atoms in total. The van der Waals surface area contributed by atoms with Gasteiger partial charge in [0.25, 0.3) is 0 Å². The fraction of sp³-hybridized carbons (Fsp3) is 0. The highest BCUT2D eigenvalue weighted by Crippen LogP contribution is 2.17. The van der Waals surface area contributed by atoms with Crippen molar-refractivity contribution in [2.24, 2.45) is 0 Å². The largest absolute Gasteiger partial charge is 0.302 e. The SMILES string of the molecule is [C-]#[N+]c1cccc(NNc2ccccc2)c1. The molecule has 0 spiro atoms. The predicted octanol–water partition coefficient (Wildman–Crippen LogP) is 3.68. The van der Waals surface area contributed by atoms with Crippen LogP contribution in [0.5, 0.6) is 0 Å². The zero-order valence-corrected chi connectivity index (χ0v) is 8.64. The molecular weight excluding hydrogens is 198 g/mol. The first kappa shape index (κ1) is 10.1. The van der Waals surface area contributed by atoms with Crippen molar-refractivity contribution in [3.05, 3.63) is 66.0 Å². The zero-order chi connectivity index (χ0) is 11.2. The molecule has 0 radical (unpaired) electrons. The Balaban J connectivity index is 2.03. The van der Waals surface area contributed by atoms with Gasteiger partial charge in [0.05, 0.1) is 12.3 Å². The predicted molar refractivity (Wildman–Crippen MR) is 66.4 cm³/mol. The number of anilines is 2.